The normalized spacial score (nSPS) is 10.2. The fourth-order valence-corrected chi connectivity index (χ4v) is 1.50. The van der Waals surface area contributed by atoms with E-state index in [-0.39, 0.29) is 5.82 Å². The van der Waals surface area contributed by atoms with Gasteiger partial charge in [0.25, 0.3) is 0 Å². The average molecular weight is 247 g/mol. The lowest BCUT2D eigenvalue weighted by atomic mass is 10.2. The molecule has 0 saturated carbocycles. The summed E-state index contributed by atoms with van der Waals surface area (Å²) in [4.78, 5) is 4.16. The number of rotatable bonds is 3. The summed E-state index contributed by atoms with van der Waals surface area (Å²) in [6.07, 6.45) is 0. The highest BCUT2D eigenvalue weighted by Gasteiger charge is 2.04. The summed E-state index contributed by atoms with van der Waals surface area (Å²) >= 11 is 0. The summed E-state index contributed by atoms with van der Waals surface area (Å²) in [5.74, 6) is 0.624. The van der Waals surface area contributed by atoms with Gasteiger partial charge in [0, 0.05) is 5.69 Å². The number of halogens is 1. The van der Waals surface area contributed by atoms with E-state index in [9.17, 15) is 4.39 Å². The smallest absolute Gasteiger partial charge is 0.238 e. The number of anilines is 3. The fraction of sp³-hybridized carbons (Fsp3) is 0.154. The monoisotopic (exact) mass is 247 g/mol. The molecule has 94 valence electrons. The Labute approximate surface area is 105 Å². The van der Waals surface area contributed by atoms with E-state index in [1.54, 1.807) is 31.2 Å². The molecule has 1 aromatic carbocycles. The van der Waals surface area contributed by atoms with E-state index in [2.05, 4.69) is 10.3 Å². The average Bonchev–Trinajstić information content (AvgIpc) is 2.36. The van der Waals surface area contributed by atoms with Crippen molar-refractivity contribution in [1.82, 2.24) is 4.98 Å². The summed E-state index contributed by atoms with van der Waals surface area (Å²) in [6, 6.07) is 8.28. The molecule has 0 radical (unpaired) electrons. The molecule has 0 fully saturated rings. The molecule has 18 heavy (non-hydrogen) atoms. The molecule has 2 aromatic rings. The molecule has 0 atom stereocenters. The number of aromatic nitrogens is 1. The van der Waals surface area contributed by atoms with Crippen LogP contribution in [0.3, 0.4) is 0 Å². The van der Waals surface area contributed by atoms with E-state index in [1.807, 2.05) is 0 Å². The maximum Gasteiger partial charge on any atom is 0.238 e. The van der Waals surface area contributed by atoms with Crippen LogP contribution < -0.4 is 15.8 Å². The van der Waals surface area contributed by atoms with Crippen LogP contribution in [-0.2, 0) is 0 Å². The lowest BCUT2D eigenvalue weighted by Gasteiger charge is -2.09. The van der Waals surface area contributed by atoms with Crippen LogP contribution in [0.2, 0.25) is 0 Å². The maximum absolute atomic E-state index is 13.4. The van der Waals surface area contributed by atoms with Crippen molar-refractivity contribution < 1.29 is 9.13 Å². The Kier molecular flexibility index (Phi) is 3.32. The van der Waals surface area contributed by atoms with Gasteiger partial charge in [-0.3, -0.25) is 0 Å². The predicted molar refractivity (Wildman–Crippen MR) is 69.6 cm³/mol. The van der Waals surface area contributed by atoms with Crippen molar-refractivity contribution in [2.45, 2.75) is 6.92 Å². The van der Waals surface area contributed by atoms with Gasteiger partial charge in [-0.1, -0.05) is 6.07 Å². The van der Waals surface area contributed by atoms with E-state index >= 15 is 0 Å². The molecule has 0 aliphatic carbocycles. The van der Waals surface area contributed by atoms with Gasteiger partial charge in [-0.05, 0) is 36.8 Å². The van der Waals surface area contributed by atoms with Crippen LogP contribution in [0.5, 0.6) is 5.88 Å². The number of nitrogen functional groups attached to an aromatic ring is 1. The largest absolute Gasteiger partial charge is 0.479 e. The van der Waals surface area contributed by atoms with Crippen molar-refractivity contribution in [1.29, 1.82) is 0 Å². The number of nitrogens with zero attached hydrogens (tertiary/aromatic N) is 1. The first-order valence-electron chi connectivity index (χ1n) is 5.44. The van der Waals surface area contributed by atoms with Crippen molar-refractivity contribution in [3.05, 3.63) is 41.7 Å². The number of hydrogen-bond donors (Lipinski definition) is 2. The maximum atomic E-state index is 13.4. The lowest BCUT2D eigenvalue weighted by molar-refractivity contribution is 0.401. The highest BCUT2D eigenvalue weighted by atomic mass is 19.1. The van der Waals surface area contributed by atoms with Crippen LogP contribution in [0, 0.1) is 12.7 Å². The van der Waals surface area contributed by atoms with E-state index in [0.717, 1.165) is 0 Å². The Bertz CT molecular complexity index is 572. The minimum absolute atomic E-state index is 0.262. The standard InChI is InChI=1S/C13H14FN3O/c1-8-3-4-9(7-10(8)14)16-12-6-5-11(15)13(17-12)18-2/h3-7H,15H2,1-2H3,(H,16,17). The Morgan fingerprint density at radius 1 is 1.28 bits per heavy atom. The van der Waals surface area contributed by atoms with E-state index in [1.165, 1.54) is 13.2 Å². The van der Waals surface area contributed by atoms with Gasteiger partial charge in [0.1, 0.15) is 11.6 Å². The number of pyridine rings is 1. The number of ether oxygens (including phenoxy) is 1. The summed E-state index contributed by atoms with van der Waals surface area (Å²) < 4.78 is 18.4. The van der Waals surface area contributed by atoms with Gasteiger partial charge >= 0.3 is 0 Å². The zero-order valence-electron chi connectivity index (χ0n) is 10.2. The van der Waals surface area contributed by atoms with Gasteiger partial charge in [-0.2, -0.15) is 4.98 Å². The number of benzene rings is 1. The topological polar surface area (TPSA) is 60.2 Å². The van der Waals surface area contributed by atoms with Crippen molar-refractivity contribution in [3.63, 3.8) is 0 Å². The van der Waals surface area contributed by atoms with Crippen LogP contribution in [0.1, 0.15) is 5.56 Å². The molecule has 0 aliphatic heterocycles. The second-order valence-electron chi connectivity index (χ2n) is 3.88. The summed E-state index contributed by atoms with van der Waals surface area (Å²) in [5, 5.41) is 2.99. The number of nitrogens with one attached hydrogen (secondary N) is 1. The molecule has 0 amide bonds. The highest BCUT2D eigenvalue weighted by Crippen LogP contribution is 2.23. The van der Waals surface area contributed by atoms with Gasteiger partial charge in [-0.15, -0.1) is 0 Å². The SMILES string of the molecule is COc1nc(Nc2ccc(C)c(F)c2)ccc1N. The molecule has 1 aromatic heterocycles. The zero-order chi connectivity index (χ0) is 13.1. The Morgan fingerprint density at radius 2 is 2.06 bits per heavy atom. The third kappa shape index (κ3) is 2.51. The molecule has 0 bridgehead atoms. The second kappa shape index (κ2) is 4.91. The van der Waals surface area contributed by atoms with E-state index in [0.29, 0.717) is 28.6 Å². The number of nitrogens with two attached hydrogens (primary N) is 1. The van der Waals surface area contributed by atoms with Crippen LogP contribution in [0.25, 0.3) is 0 Å². The van der Waals surface area contributed by atoms with Gasteiger partial charge in [0.15, 0.2) is 0 Å². The van der Waals surface area contributed by atoms with Crippen LogP contribution in [-0.4, -0.2) is 12.1 Å². The fourth-order valence-electron chi connectivity index (χ4n) is 1.50. The van der Waals surface area contributed by atoms with Crippen molar-refractivity contribution in [3.8, 4) is 5.88 Å². The van der Waals surface area contributed by atoms with Crippen molar-refractivity contribution >= 4 is 17.2 Å². The minimum atomic E-state index is -0.262. The third-order valence-electron chi connectivity index (χ3n) is 2.53. The molecule has 2 rings (SSSR count). The lowest BCUT2D eigenvalue weighted by Crippen LogP contribution is -1.99. The molecule has 3 N–H and O–H groups in total. The molecule has 0 unspecified atom stereocenters. The predicted octanol–water partition coefficient (Wildman–Crippen LogP) is 2.86. The molecule has 0 saturated heterocycles. The van der Waals surface area contributed by atoms with Gasteiger partial charge < -0.3 is 15.8 Å². The van der Waals surface area contributed by atoms with Crippen LogP contribution >= 0.6 is 0 Å². The summed E-state index contributed by atoms with van der Waals surface area (Å²) in [7, 11) is 1.49. The first-order chi connectivity index (χ1) is 8.60. The first kappa shape index (κ1) is 12.2. The summed E-state index contributed by atoms with van der Waals surface area (Å²) in [6.45, 7) is 1.71. The first-order valence-corrected chi connectivity index (χ1v) is 5.44. The zero-order valence-corrected chi connectivity index (χ0v) is 10.2. The summed E-state index contributed by atoms with van der Waals surface area (Å²) in [5.41, 5.74) is 7.34. The number of aryl methyl sites for hydroxylation is 1. The second-order valence-corrected chi connectivity index (χ2v) is 3.88. The minimum Gasteiger partial charge on any atom is -0.479 e. The third-order valence-corrected chi connectivity index (χ3v) is 2.53. The Hall–Kier alpha value is -2.30. The molecular formula is C13H14FN3O. The molecule has 1 heterocycles. The molecule has 4 nitrogen and oxygen atoms in total. The number of hydrogen-bond acceptors (Lipinski definition) is 4. The van der Waals surface area contributed by atoms with E-state index < -0.39 is 0 Å². The van der Waals surface area contributed by atoms with Gasteiger partial charge in [0.05, 0.1) is 12.8 Å². The van der Waals surface area contributed by atoms with Gasteiger partial charge in [0.2, 0.25) is 5.88 Å². The van der Waals surface area contributed by atoms with Crippen LogP contribution in [0.15, 0.2) is 30.3 Å². The van der Waals surface area contributed by atoms with Crippen LogP contribution in [0.4, 0.5) is 21.6 Å². The number of methoxy groups -OCH3 is 1. The molecule has 5 heteroatoms. The Balaban J connectivity index is 2.25. The Morgan fingerprint density at radius 3 is 2.72 bits per heavy atom. The van der Waals surface area contributed by atoms with Crippen molar-refractivity contribution in [2.75, 3.05) is 18.2 Å². The highest BCUT2D eigenvalue weighted by molar-refractivity contribution is 5.60. The molecular weight excluding hydrogens is 233 g/mol. The van der Waals surface area contributed by atoms with E-state index in [4.69, 9.17) is 10.5 Å². The quantitative estimate of drug-likeness (QED) is 0.875. The van der Waals surface area contributed by atoms with Gasteiger partial charge in [-0.25, -0.2) is 4.39 Å². The molecule has 0 aliphatic rings. The van der Waals surface area contributed by atoms with Crippen molar-refractivity contribution in [2.24, 2.45) is 0 Å². The molecule has 0 spiro atoms.